The van der Waals surface area contributed by atoms with Gasteiger partial charge in [0, 0.05) is 13.1 Å². The van der Waals surface area contributed by atoms with Crippen LogP contribution in [0.4, 0.5) is 43.9 Å². The summed E-state index contributed by atoms with van der Waals surface area (Å²) in [7, 11) is 0. The summed E-state index contributed by atoms with van der Waals surface area (Å²) in [6, 6.07) is 2.05. The van der Waals surface area contributed by atoms with Crippen LogP contribution in [0.1, 0.15) is 0 Å². The molecule has 0 aliphatic rings. The second-order valence-electron chi connectivity index (χ2n) is 3.97. The number of nitrogens with two attached hydrogens (primary N) is 2. The Morgan fingerprint density at radius 1 is 0.464 bits per heavy atom. The summed E-state index contributed by atoms with van der Waals surface area (Å²) >= 11 is 0. The first-order valence-electron chi connectivity index (χ1n) is 6.21. The zero-order chi connectivity index (χ0) is 20.6. The van der Waals surface area contributed by atoms with Gasteiger partial charge in [-0.15, -0.1) is 12.1 Å². The van der Waals surface area contributed by atoms with Gasteiger partial charge in [0.1, 0.15) is 0 Å². The van der Waals surface area contributed by atoms with Gasteiger partial charge < -0.3 is 11.5 Å². The molecule has 2 aromatic rings. The predicted molar refractivity (Wildman–Crippen MR) is 74.0 cm³/mol. The molecule has 0 aliphatic carbocycles. The number of halogens is 10. The summed E-state index contributed by atoms with van der Waals surface area (Å²) in [6.07, 6.45) is 0. The van der Waals surface area contributed by atoms with Gasteiger partial charge in [-0.2, -0.15) is 0 Å². The van der Waals surface area contributed by atoms with E-state index in [0.29, 0.717) is 13.1 Å². The minimum atomic E-state index is -2.17. The molecule has 0 radical (unpaired) electrons. The molecule has 0 unspecified atom stereocenters. The van der Waals surface area contributed by atoms with Crippen LogP contribution in [0.2, 0.25) is 0 Å². The van der Waals surface area contributed by atoms with E-state index in [-0.39, 0.29) is 49.7 Å². The standard InChI is InChI=1S/2C6F5.C2H8N2.Au.Tl/c2*7-2-1-3(8)5(10)6(11)4(2)9;3-1-2-4;;/h;;1-4H2;;/q2*-1;;2*+1. The molecule has 0 heterocycles. The fraction of sp³-hybridized carbons (Fsp3) is 0.143. The van der Waals surface area contributed by atoms with Gasteiger partial charge in [0.2, 0.25) is 0 Å². The van der Waals surface area contributed by atoms with E-state index in [4.69, 9.17) is 11.5 Å². The number of rotatable bonds is 1. The average Bonchev–Trinajstić information content (AvgIpc) is 2.62. The number of benzene rings is 2. The van der Waals surface area contributed by atoms with Crippen LogP contribution in [0.3, 0.4) is 0 Å². The van der Waals surface area contributed by atoms with Gasteiger partial charge in [0.15, 0.2) is 0 Å². The van der Waals surface area contributed by atoms with E-state index >= 15 is 0 Å². The van der Waals surface area contributed by atoms with Gasteiger partial charge >= 0.3 is 49.7 Å². The topological polar surface area (TPSA) is 52.0 Å². The predicted octanol–water partition coefficient (Wildman–Crippen LogP) is 2.89. The van der Waals surface area contributed by atoms with Crippen LogP contribution in [-0.4, -0.2) is 40.4 Å². The largest absolute Gasteiger partial charge is 1.00 e. The third kappa shape index (κ3) is 9.21. The molecule has 2 rings (SSSR count). The average molecular weight is 796 g/mol. The van der Waals surface area contributed by atoms with Gasteiger partial charge in [0.05, 0.1) is 58.2 Å². The second-order valence-corrected chi connectivity index (χ2v) is 3.97. The van der Waals surface area contributed by atoms with Crippen molar-refractivity contribution < 1.29 is 66.3 Å². The zero-order valence-electron chi connectivity index (χ0n) is 13.2. The normalized spacial score (nSPS) is 9.14. The number of hydrogen-bond donors (Lipinski definition) is 2. The second kappa shape index (κ2) is 15.2. The van der Waals surface area contributed by atoms with Crippen LogP contribution in [0, 0.1) is 70.3 Å². The van der Waals surface area contributed by atoms with Crippen LogP contribution in [0.5, 0.6) is 0 Å². The van der Waals surface area contributed by atoms with Crippen molar-refractivity contribution in [1.82, 2.24) is 0 Å². The van der Waals surface area contributed by atoms with Crippen LogP contribution < -0.4 is 11.5 Å². The minimum absolute atomic E-state index is 0. The summed E-state index contributed by atoms with van der Waals surface area (Å²) in [5, 5.41) is 0. The molecule has 0 spiro atoms. The maximum atomic E-state index is 12.0. The van der Waals surface area contributed by atoms with E-state index in [0.717, 1.165) is 12.1 Å². The minimum Gasteiger partial charge on any atom is -0.329 e. The Kier molecular flexibility index (Phi) is 17.4. The molecule has 0 aromatic heterocycles. The quantitative estimate of drug-likeness (QED) is 0.154. The molecule has 0 saturated carbocycles. The monoisotopic (exact) mass is 796 g/mol. The SMILES string of the molecule is Fc1[c-]c(F)c(F)c(F)c1F.Fc1[c-]c(F)c(F)c(F)c1F.NCCN.[Au+].[Tl+]. The van der Waals surface area contributed by atoms with Crippen molar-refractivity contribution in [3.05, 3.63) is 70.3 Å². The zero-order valence-corrected chi connectivity index (χ0v) is 19.9. The maximum Gasteiger partial charge on any atom is 1.00 e. The van der Waals surface area contributed by atoms with Crippen molar-refractivity contribution in [3.8, 4) is 0 Å². The van der Waals surface area contributed by atoms with Gasteiger partial charge in [-0.3, -0.25) is 17.6 Å². The first-order chi connectivity index (χ1) is 12.0. The van der Waals surface area contributed by atoms with Gasteiger partial charge in [-0.05, 0) is 0 Å². The van der Waals surface area contributed by atoms with Crippen molar-refractivity contribution in [1.29, 1.82) is 0 Å². The van der Waals surface area contributed by atoms with Gasteiger partial charge in [0.25, 0.3) is 0 Å². The van der Waals surface area contributed by atoms with E-state index in [1.165, 1.54) is 0 Å². The molecular weight excluding hydrogens is 787 g/mol. The Hall–Kier alpha value is -0.678. The fourth-order valence-electron chi connectivity index (χ4n) is 0.990. The molecule has 4 N–H and O–H groups in total. The summed E-state index contributed by atoms with van der Waals surface area (Å²) in [5.41, 5.74) is 9.81. The van der Waals surface area contributed by atoms with Crippen LogP contribution >= 0.6 is 0 Å². The molecular formula is C14H8AuF10N2Tl. The summed E-state index contributed by atoms with van der Waals surface area (Å²) in [4.78, 5) is 0. The first-order valence-corrected chi connectivity index (χ1v) is 6.21. The van der Waals surface area contributed by atoms with Crippen molar-refractivity contribution in [2.75, 3.05) is 13.1 Å². The van der Waals surface area contributed by atoms with Crippen molar-refractivity contribution in [2.24, 2.45) is 11.5 Å². The Labute approximate surface area is 187 Å². The third-order valence-electron chi connectivity index (χ3n) is 2.15. The van der Waals surface area contributed by atoms with Gasteiger partial charge in [-0.25, -0.2) is 26.3 Å². The molecule has 158 valence electrons. The molecule has 0 saturated heterocycles. The van der Waals surface area contributed by atoms with Crippen LogP contribution in [0.15, 0.2) is 0 Å². The Balaban J connectivity index is -0.000000355. The summed E-state index contributed by atoms with van der Waals surface area (Å²) in [5.74, 6) is -20.1. The molecule has 2 nitrogen and oxygen atoms in total. The van der Waals surface area contributed by atoms with Crippen molar-refractivity contribution in [2.45, 2.75) is 0 Å². The number of hydrogen-bond acceptors (Lipinski definition) is 2. The summed E-state index contributed by atoms with van der Waals surface area (Å²) < 4.78 is 120. The Bertz CT molecular complexity index is 648. The van der Waals surface area contributed by atoms with E-state index in [2.05, 4.69) is 0 Å². The summed E-state index contributed by atoms with van der Waals surface area (Å²) in [6.45, 7) is 1.19. The van der Waals surface area contributed by atoms with Crippen LogP contribution in [0.25, 0.3) is 0 Å². The van der Waals surface area contributed by atoms with E-state index in [9.17, 15) is 43.9 Å². The van der Waals surface area contributed by atoms with Crippen molar-refractivity contribution in [3.63, 3.8) is 0 Å². The molecule has 0 atom stereocenters. The van der Waals surface area contributed by atoms with Crippen LogP contribution in [-0.2, 0) is 22.4 Å². The van der Waals surface area contributed by atoms with Gasteiger partial charge in [-0.1, -0.05) is 0 Å². The molecule has 0 bridgehead atoms. The molecule has 0 fully saturated rings. The molecule has 28 heavy (non-hydrogen) atoms. The molecule has 14 heteroatoms. The first kappa shape index (κ1) is 32.0. The molecule has 0 amide bonds. The third-order valence-corrected chi connectivity index (χ3v) is 2.15. The Morgan fingerprint density at radius 2 is 0.643 bits per heavy atom. The van der Waals surface area contributed by atoms with E-state index in [1.807, 2.05) is 0 Å². The maximum absolute atomic E-state index is 12.0. The molecule has 2 aromatic carbocycles. The van der Waals surface area contributed by atoms with Crippen molar-refractivity contribution >= 4 is 27.3 Å². The fourth-order valence-corrected chi connectivity index (χ4v) is 0.990. The molecule has 0 aliphatic heterocycles. The Morgan fingerprint density at radius 3 is 0.786 bits per heavy atom. The van der Waals surface area contributed by atoms with E-state index in [1.54, 1.807) is 0 Å². The smallest absolute Gasteiger partial charge is 0.329 e. The van der Waals surface area contributed by atoms with E-state index < -0.39 is 58.2 Å².